The molecule has 25 heavy (non-hydrogen) atoms. The smallest absolute Gasteiger partial charge is 0.262 e. The van der Waals surface area contributed by atoms with Gasteiger partial charge in [0.25, 0.3) is 5.91 Å². The third-order valence-electron chi connectivity index (χ3n) is 4.14. The molecule has 0 spiro atoms. The molecule has 2 aliphatic heterocycles. The lowest BCUT2D eigenvalue weighted by Crippen LogP contribution is -2.37. The van der Waals surface area contributed by atoms with E-state index in [1.807, 2.05) is 29.2 Å². The van der Waals surface area contributed by atoms with Crippen molar-refractivity contribution in [3.8, 4) is 11.8 Å². The van der Waals surface area contributed by atoms with E-state index in [0.717, 1.165) is 11.3 Å². The van der Waals surface area contributed by atoms with Crippen LogP contribution in [0.5, 0.6) is 5.75 Å². The minimum Gasteiger partial charge on any atom is -0.497 e. The van der Waals surface area contributed by atoms with E-state index >= 15 is 0 Å². The fraction of sp³-hybridized carbons (Fsp3) is 0.438. The number of hydrogen-bond donors (Lipinski definition) is 0. The lowest BCUT2D eigenvalue weighted by atomic mass is 10.1. The molecule has 0 saturated carbocycles. The van der Waals surface area contributed by atoms with Gasteiger partial charge in [-0.05, 0) is 17.7 Å². The van der Waals surface area contributed by atoms with Crippen molar-refractivity contribution in [3.63, 3.8) is 0 Å². The average molecular weight is 379 g/mol. The van der Waals surface area contributed by atoms with Crippen molar-refractivity contribution in [2.45, 2.75) is 24.3 Å². The van der Waals surface area contributed by atoms with Gasteiger partial charge in [0.2, 0.25) is 0 Å². The maximum absolute atomic E-state index is 12.0. The Morgan fingerprint density at radius 3 is 2.76 bits per heavy atom. The van der Waals surface area contributed by atoms with E-state index in [4.69, 9.17) is 10.00 Å². The van der Waals surface area contributed by atoms with Gasteiger partial charge < -0.3 is 9.64 Å². The van der Waals surface area contributed by atoms with Crippen LogP contribution in [0.4, 0.5) is 0 Å². The van der Waals surface area contributed by atoms with Crippen molar-refractivity contribution in [3.05, 3.63) is 29.8 Å². The van der Waals surface area contributed by atoms with Crippen molar-refractivity contribution in [2.75, 3.05) is 18.6 Å². The van der Waals surface area contributed by atoms with Crippen molar-refractivity contribution < 1.29 is 17.9 Å². The number of methoxy groups -OCH3 is 1. The molecular formula is C16H17N3O4S2. The number of rotatable bonds is 4. The lowest BCUT2D eigenvalue weighted by Gasteiger charge is -2.24. The molecule has 9 heteroatoms. The molecule has 132 valence electrons. The van der Waals surface area contributed by atoms with Gasteiger partial charge in [-0.25, -0.2) is 8.42 Å². The number of fused-ring (bicyclic) bond motifs is 1. The number of thioether (sulfide) groups is 1. The molecule has 0 aliphatic carbocycles. The van der Waals surface area contributed by atoms with Crippen LogP contribution in [-0.4, -0.2) is 54.3 Å². The van der Waals surface area contributed by atoms with Crippen LogP contribution in [0, 0.1) is 11.3 Å². The fourth-order valence-corrected chi connectivity index (χ4v) is 6.93. The van der Waals surface area contributed by atoms with Crippen molar-refractivity contribution >= 4 is 32.7 Å². The Balaban J connectivity index is 1.86. The van der Waals surface area contributed by atoms with Crippen molar-refractivity contribution in [1.82, 2.24) is 4.90 Å². The molecule has 2 atom stereocenters. The normalized spacial score (nSPS) is 25.6. The first-order chi connectivity index (χ1) is 11.9. The predicted octanol–water partition coefficient (Wildman–Crippen LogP) is 1.21. The van der Waals surface area contributed by atoms with Crippen molar-refractivity contribution in [2.24, 2.45) is 4.99 Å². The minimum absolute atomic E-state index is 0.0618. The summed E-state index contributed by atoms with van der Waals surface area (Å²) in [5, 5.41) is 9.01. The van der Waals surface area contributed by atoms with Crippen molar-refractivity contribution in [1.29, 1.82) is 5.26 Å². The largest absolute Gasteiger partial charge is 0.497 e. The van der Waals surface area contributed by atoms with E-state index in [1.165, 1.54) is 11.8 Å². The number of nitriles is 1. The molecule has 0 radical (unpaired) electrons. The van der Waals surface area contributed by atoms with Gasteiger partial charge in [0, 0.05) is 11.8 Å². The van der Waals surface area contributed by atoms with Crippen LogP contribution in [0.15, 0.2) is 29.3 Å². The number of amides is 1. The standard InChI is InChI=1S/C16H17N3O4S2/c1-23-12-4-2-11(3-5-12)8-19-13-9-25(21,22)10-14(13)24-16(19)18-15(20)6-7-17/h2-5,13-14H,6,8-10H2,1H3/t13-,14+/m1/s1. The number of nitrogens with zero attached hydrogens (tertiary/aromatic N) is 3. The first kappa shape index (κ1) is 17.8. The number of carbonyl (C=O) groups excluding carboxylic acids is 1. The van der Waals surface area contributed by atoms with Gasteiger partial charge >= 0.3 is 0 Å². The molecule has 0 aromatic heterocycles. The third-order valence-corrected chi connectivity index (χ3v) is 7.39. The highest BCUT2D eigenvalue weighted by atomic mass is 32.2. The highest BCUT2D eigenvalue weighted by molar-refractivity contribution is 8.15. The summed E-state index contributed by atoms with van der Waals surface area (Å²) in [4.78, 5) is 17.6. The van der Waals surface area contributed by atoms with Gasteiger partial charge in [-0.1, -0.05) is 23.9 Å². The molecule has 2 fully saturated rings. The van der Waals surface area contributed by atoms with E-state index in [2.05, 4.69) is 4.99 Å². The Morgan fingerprint density at radius 1 is 1.40 bits per heavy atom. The van der Waals surface area contributed by atoms with Gasteiger partial charge in [-0.3, -0.25) is 4.79 Å². The number of benzene rings is 1. The summed E-state index contributed by atoms with van der Waals surface area (Å²) in [7, 11) is -1.49. The van der Waals surface area contributed by atoms with E-state index in [0.29, 0.717) is 11.7 Å². The Morgan fingerprint density at radius 2 is 2.12 bits per heavy atom. The molecule has 1 amide bonds. The number of amidine groups is 1. The Bertz CT molecular complexity index is 843. The zero-order valence-corrected chi connectivity index (χ0v) is 15.2. The second-order valence-corrected chi connectivity index (χ2v) is 9.26. The van der Waals surface area contributed by atoms with Crippen LogP contribution in [0.25, 0.3) is 0 Å². The monoisotopic (exact) mass is 379 g/mol. The summed E-state index contributed by atoms with van der Waals surface area (Å²) in [6, 6.07) is 9.05. The topological polar surface area (TPSA) is 99.8 Å². The number of carbonyl (C=O) groups is 1. The zero-order valence-electron chi connectivity index (χ0n) is 13.6. The summed E-state index contributed by atoms with van der Waals surface area (Å²) in [6.07, 6.45) is -0.284. The van der Waals surface area contributed by atoms with E-state index < -0.39 is 15.7 Å². The van der Waals surface area contributed by atoms with Gasteiger partial charge in [0.05, 0.1) is 30.7 Å². The quantitative estimate of drug-likeness (QED) is 0.775. The minimum atomic E-state index is -3.08. The average Bonchev–Trinajstić information content (AvgIpc) is 3.01. The van der Waals surface area contributed by atoms with Crippen LogP contribution in [0.2, 0.25) is 0 Å². The lowest BCUT2D eigenvalue weighted by molar-refractivity contribution is -0.116. The molecule has 0 N–H and O–H groups in total. The van der Waals surface area contributed by atoms with Crippen LogP contribution < -0.4 is 4.74 Å². The number of hydrogen-bond acceptors (Lipinski definition) is 6. The summed E-state index contributed by atoms with van der Waals surface area (Å²) in [5.41, 5.74) is 0.965. The molecule has 1 aromatic rings. The molecule has 2 aliphatic rings. The molecule has 7 nitrogen and oxygen atoms in total. The molecule has 1 aromatic carbocycles. The summed E-state index contributed by atoms with van der Waals surface area (Å²) in [5.74, 6) is 0.380. The zero-order chi connectivity index (χ0) is 18.0. The number of ether oxygens (including phenoxy) is 1. The first-order valence-electron chi connectivity index (χ1n) is 7.67. The highest BCUT2D eigenvalue weighted by Crippen LogP contribution is 2.39. The Hall–Kier alpha value is -2.05. The SMILES string of the molecule is COc1ccc(CN2C(=NC(=O)CC#N)S[C@H]3CS(=O)(=O)C[C@H]32)cc1. The summed E-state index contributed by atoms with van der Waals surface area (Å²) in [6.45, 7) is 0.451. The number of aliphatic imine (C=N–C) groups is 1. The van der Waals surface area contributed by atoms with Crippen LogP contribution in [0.1, 0.15) is 12.0 Å². The molecule has 2 saturated heterocycles. The molecule has 0 bridgehead atoms. The van der Waals surface area contributed by atoms with E-state index in [1.54, 1.807) is 13.2 Å². The fourth-order valence-electron chi connectivity index (χ4n) is 2.96. The number of sulfone groups is 1. The van der Waals surface area contributed by atoms with Gasteiger partial charge in [0.1, 0.15) is 12.2 Å². The molecule has 3 rings (SSSR count). The van der Waals surface area contributed by atoms with Crippen LogP contribution in [-0.2, 0) is 21.2 Å². The van der Waals surface area contributed by atoms with E-state index in [9.17, 15) is 13.2 Å². The van der Waals surface area contributed by atoms with Gasteiger partial charge in [-0.15, -0.1) is 0 Å². The molecule has 0 unspecified atom stereocenters. The molecular weight excluding hydrogens is 362 g/mol. The predicted molar refractivity (Wildman–Crippen MR) is 95.0 cm³/mol. The van der Waals surface area contributed by atoms with Gasteiger partial charge in [-0.2, -0.15) is 10.3 Å². The summed E-state index contributed by atoms with van der Waals surface area (Å²) < 4.78 is 29.0. The highest BCUT2D eigenvalue weighted by Gasteiger charge is 2.48. The second kappa shape index (κ2) is 7.06. The maximum Gasteiger partial charge on any atom is 0.262 e. The summed E-state index contributed by atoms with van der Waals surface area (Å²) >= 11 is 1.31. The third kappa shape index (κ3) is 3.96. The first-order valence-corrected chi connectivity index (χ1v) is 10.4. The maximum atomic E-state index is 12.0. The van der Waals surface area contributed by atoms with Gasteiger partial charge in [0.15, 0.2) is 15.0 Å². The van der Waals surface area contributed by atoms with E-state index in [-0.39, 0.29) is 29.2 Å². The molecule has 2 heterocycles. The Kier molecular flexibility index (Phi) is 5.01. The Labute approximate surface area is 150 Å². The van der Waals surface area contributed by atoms with Crippen LogP contribution >= 0.6 is 11.8 Å². The van der Waals surface area contributed by atoms with Crippen LogP contribution in [0.3, 0.4) is 0 Å². The second-order valence-electron chi connectivity index (χ2n) is 5.90.